The fourth-order valence-corrected chi connectivity index (χ4v) is 3.86. The van der Waals surface area contributed by atoms with E-state index in [1.54, 1.807) is 12.1 Å². The van der Waals surface area contributed by atoms with Gasteiger partial charge in [0.2, 0.25) is 0 Å². The summed E-state index contributed by atoms with van der Waals surface area (Å²) in [5, 5.41) is 7.14. The molecule has 0 saturated carbocycles. The number of nitrogens with one attached hydrogen (secondary N) is 1. The van der Waals surface area contributed by atoms with E-state index >= 15 is 0 Å². The second kappa shape index (κ2) is 9.48. The van der Waals surface area contributed by atoms with Crippen LogP contribution in [0.5, 0.6) is 0 Å². The summed E-state index contributed by atoms with van der Waals surface area (Å²) in [6.45, 7) is 2.35. The van der Waals surface area contributed by atoms with Crippen molar-refractivity contribution in [3.05, 3.63) is 81.1 Å². The molecule has 1 aliphatic heterocycles. The second-order valence-electron chi connectivity index (χ2n) is 7.81. The predicted molar refractivity (Wildman–Crippen MR) is 116 cm³/mol. The Hall–Kier alpha value is -2.98. The molecule has 1 aromatic carbocycles. The van der Waals surface area contributed by atoms with Gasteiger partial charge < -0.3 is 5.32 Å². The van der Waals surface area contributed by atoms with Crippen LogP contribution >= 0.6 is 11.6 Å². The fourth-order valence-electron chi connectivity index (χ4n) is 3.68. The van der Waals surface area contributed by atoms with E-state index in [2.05, 4.69) is 20.3 Å². The van der Waals surface area contributed by atoms with Crippen molar-refractivity contribution >= 4 is 17.3 Å². The van der Waals surface area contributed by atoms with E-state index in [4.69, 9.17) is 11.6 Å². The molecular formula is C22H20ClF4N5O. The Morgan fingerprint density at radius 1 is 1.06 bits per heavy atom. The smallest absolute Gasteiger partial charge is 0.380 e. The lowest BCUT2D eigenvalue weighted by molar-refractivity contribution is -0.137. The lowest BCUT2D eigenvalue weighted by Crippen LogP contribution is -2.39. The van der Waals surface area contributed by atoms with Crippen molar-refractivity contribution in [1.82, 2.24) is 19.7 Å². The van der Waals surface area contributed by atoms with Crippen LogP contribution in [0.2, 0.25) is 5.02 Å². The molecule has 174 valence electrons. The number of anilines is 1. The molecule has 2 aromatic heterocycles. The third-order valence-corrected chi connectivity index (χ3v) is 5.84. The van der Waals surface area contributed by atoms with Gasteiger partial charge in [-0.3, -0.25) is 9.69 Å². The monoisotopic (exact) mass is 481 g/mol. The van der Waals surface area contributed by atoms with Crippen LogP contribution in [-0.4, -0.2) is 38.8 Å². The molecule has 11 heteroatoms. The molecule has 0 aliphatic carbocycles. The summed E-state index contributed by atoms with van der Waals surface area (Å²) < 4.78 is 52.1. The molecule has 0 spiro atoms. The van der Waals surface area contributed by atoms with Crippen molar-refractivity contribution in [2.45, 2.75) is 31.6 Å². The number of nitrogens with zero attached hydrogens (tertiary/aromatic N) is 4. The van der Waals surface area contributed by atoms with Gasteiger partial charge in [0.25, 0.3) is 5.56 Å². The zero-order chi connectivity index (χ0) is 23.6. The van der Waals surface area contributed by atoms with Crippen LogP contribution in [0.4, 0.5) is 23.2 Å². The third-order valence-electron chi connectivity index (χ3n) is 5.48. The molecule has 0 atom stereocenters. The Kier molecular flexibility index (Phi) is 6.66. The summed E-state index contributed by atoms with van der Waals surface area (Å²) in [6, 6.07) is 8.40. The summed E-state index contributed by atoms with van der Waals surface area (Å²) >= 11 is 6.24. The van der Waals surface area contributed by atoms with E-state index < -0.39 is 17.3 Å². The number of hydrogen-bond donors (Lipinski definition) is 1. The Morgan fingerprint density at radius 2 is 1.76 bits per heavy atom. The van der Waals surface area contributed by atoms with Gasteiger partial charge in [-0.05, 0) is 42.7 Å². The summed E-state index contributed by atoms with van der Waals surface area (Å²) in [5.74, 6) is -0.321. The van der Waals surface area contributed by atoms with Gasteiger partial charge in [-0.2, -0.15) is 23.0 Å². The highest BCUT2D eigenvalue weighted by Gasteiger charge is 2.31. The summed E-state index contributed by atoms with van der Waals surface area (Å²) in [4.78, 5) is 18.6. The topological polar surface area (TPSA) is 63.1 Å². The van der Waals surface area contributed by atoms with Crippen LogP contribution in [0.25, 0.3) is 5.82 Å². The number of halogens is 5. The van der Waals surface area contributed by atoms with Crippen molar-refractivity contribution in [3.63, 3.8) is 0 Å². The number of rotatable bonds is 5. The summed E-state index contributed by atoms with van der Waals surface area (Å²) in [5.41, 5.74) is -0.200. The number of hydrogen-bond acceptors (Lipinski definition) is 5. The van der Waals surface area contributed by atoms with Gasteiger partial charge in [-0.25, -0.2) is 9.37 Å². The zero-order valence-corrected chi connectivity index (χ0v) is 18.1. The van der Waals surface area contributed by atoms with Gasteiger partial charge in [0, 0.05) is 31.9 Å². The molecule has 6 nitrogen and oxygen atoms in total. The fraction of sp³-hybridized carbons (Fsp3) is 0.318. The highest BCUT2D eigenvalue weighted by atomic mass is 35.5. The molecular weight excluding hydrogens is 462 g/mol. The average molecular weight is 482 g/mol. The number of pyridine rings is 1. The normalized spacial score (nSPS) is 15.5. The highest BCUT2D eigenvalue weighted by molar-refractivity contribution is 6.32. The first-order chi connectivity index (χ1) is 15.7. The Morgan fingerprint density at radius 3 is 2.36 bits per heavy atom. The van der Waals surface area contributed by atoms with E-state index in [1.807, 2.05) is 0 Å². The molecule has 3 aromatic rings. The van der Waals surface area contributed by atoms with Crippen molar-refractivity contribution in [1.29, 1.82) is 0 Å². The van der Waals surface area contributed by atoms with Gasteiger partial charge in [0.05, 0.1) is 17.4 Å². The summed E-state index contributed by atoms with van der Waals surface area (Å²) in [7, 11) is 0. The molecule has 1 N–H and O–H groups in total. The molecule has 1 aliphatic rings. The molecule has 1 saturated heterocycles. The first kappa shape index (κ1) is 23.2. The van der Waals surface area contributed by atoms with Crippen LogP contribution in [0.3, 0.4) is 0 Å². The number of aromatic nitrogens is 3. The van der Waals surface area contributed by atoms with Crippen LogP contribution in [-0.2, 0) is 12.7 Å². The Bertz CT molecular complexity index is 1160. The molecule has 0 bridgehead atoms. The molecule has 4 rings (SSSR count). The van der Waals surface area contributed by atoms with Gasteiger partial charge in [0.1, 0.15) is 10.8 Å². The van der Waals surface area contributed by atoms with Crippen molar-refractivity contribution in [3.8, 4) is 5.82 Å². The zero-order valence-electron chi connectivity index (χ0n) is 17.3. The molecule has 0 unspecified atom stereocenters. The first-order valence-electron chi connectivity index (χ1n) is 10.3. The molecule has 0 radical (unpaired) electrons. The van der Waals surface area contributed by atoms with Crippen LogP contribution in [0, 0.1) is 5.82 Å². The van der Waals surface area contributed by atoms with Gasteiger partial charge >= 0.3 is 6.18 Å². The van der Waals surface area contributed by atoms with Crippen molar-refractivity contribution in [2.24, 2.45) is 0 Å². The van der Waals surface area contributed by atoms with Crippen LogP contribution in [0.15, 0.2) is 53.6 Å². The SMILES string of the molecule is O=c1c(Cl)c(NC2CCN(Cc3ccc(F)cc3)CC2)cnn1-c1ccc(C(F)(F)F)cn1. The number of alkyl halides is 3. The largest absolute Gasteiger partial charge is 0.417 e. The average Bonchev–Trinajstić information content (AvgIpc) is 2.79. The number of benzene rings is 1. The van der Waals surface area contributed by atoms with Gasteiger partial charge in [-0.15, -0.1) is 0 Å². The minimum Gasteiger partial charge on any atom is -0.380 e. The quantitative estimate of drug-likeness (QED) is 0.543. The number of likely N-dealkylation sites (tertiary alicyclic amines) is 1. The highest BCUT2D eigenvalue weighted by Crippen LogP contribution is 2.28. The first-order valence-corrected chi connectivity index (χ1v) is 10.6. The standard InChI is InChI=1S/C22H20ClF4N5O/c23-20-18(12-29-32(21(20)33)19-6-3-15(11-28-19)22(25,26)27)30-17-7-9-31(10-8-17)13-14-1-4-16(24)5-2-14/h1-6,11-12,17,30H,7-10,13H2. The van der Waals surface area contributed by atoms with Gasteiger partial charge in [-0.1, -0.05) is 23.7 Å². The van der Waals surface area contributed by atoms with Gasteiger partial charge in [0.15, 0.2) is 5.82 Å². The van der Waals surface area contributed by atoms with Crippen LogP contribution in [0.1, 0.15) is 24.0 Å². The van der Waals surface area contributed by atoms with E-state index in [-0.39, 0.29) is 22.7 Å². The molecule has 33 heavy (non-hydrogen) atoms. The predicted octanol–water partition coefficient (Wildman–Crippen LogP) is 4.52. The van der Waals surface area contributed by atoms with Crippen LogP contribution < -0.4 is 10.9 Å². The summed E-state index contributed by atoms with van der Waals surface area (Å²) in [6.07, 6.45) is -0.900. The minimum absolute atomic E-state index is 0.0597. The maximum Gasteiger partial charge on any atom is 0.417 e. The van der Waals surface area contributed by atoms with Crippen molar-refractivity contribution < 1.29 is 17.6 Å². The Labute approximate surface area is 191 Å². The molecule has 0 amide bonds. The lowest BCUT2D eigenvalue weighted by Gasteiger charge is -2.33. The number of piperidine rings is 1. The van der Waals surface area contributed by atoms with E-state index in [0.29, 0.717) is 11.9 Å². The minimum atomic E-state index is -4.52. The van der Waals surface area contributed by atoms with E-state index in [1.165, 1.54) is 18.3 Å². The third kappa shape index (κ3) is 5.51. The van der Waals surface area contributed by atoms with E-state index in [9.17, 15) is 22.4 Å². The second-order valence-corrected chi connectivity index (χ2v) is 8.19. The lowest BCUT2D eigenvalue weighted by atomic mass is 10.0. The molecule has 1 fully saturated rings. The Balaban J connectivity index is 1.39. The molecule has 3 heterocycles. The maximum absolute atomic E-state index is 13.1. The van der Waals surface area contributed by atoms with E-state index in [0.717, 1.165) is 54.9 Å². The van der Waals surface area contributed by atoms with Crippen molar-refractivity contribution in [2.75, 3.05) is 18.4 Å². The maximum atomic E-state index is 13.1.